The van der Waals surface area contributed by atoms with E-state index in [4.69, 9.17) is 0 Å². The molecule has 44 nitrogen and oxygen atoms in total. The topological polar surface area (TPSA) is 731 Å². The molecule has 0 aliphatic carbocycles. The van der Waals surface area contributed by atoms with Crippen LogP contribution in [0.4, 0.5) is 68.2 Å². The second kappa shape index (κ2) is 43.6. The maximum atomic E-state index is 13.6. The summed E-state index contributed by atoms with van der Waals surface area (Å²) in [5, 5.41) is 147. The number of unbranched alkanes of at least 4 members (excludes halogenated alkanes) is 2. The number of anilines is 2. The van der Waals surface area contributed by atoms with Crippen LogP contribution in [0.5, 0.6) is 34.8 Å². The van der Waals surface area contributed by atoms with Crippen LogP contribution in [0.1, 0.15) is 61.8 Å². The van der Waals surface area contributed by atoms with Crippen LogP contribution in [-0.4, -0.2) is 87.7 Å². The van der Waals surface area contributed by atoms with Gasteiger partial charge in [-0.2, -0.15) is 47.8 Å². The molecule has 0 atom stereocenters. The third kappa shape index (κ3) is 24.7. The number of sulfonamides is 2. The van der Waals surface area contributed by atoms with Gasteiger partial charge in [-0.05, 0) is 145 Å². The average molecular weight is 1870 g/mol. The Kier molecular flexibility index (Phi) is 38.6. The molecule has 0 aliphatic rings. The molecule has 0 fully saturated rings. The van der Waals surface area contributed by atoms with E-state index in [1.165, 1.54) is 38.1 Å². The molecule has 0 bridgehead atoms. The largest absolute Gasteiger partial charge is 3.00 e. The molecule has 10 rings (SSSR count). The fraction of sp³-hybridized carbons (Fsp3) is 0.152. The first-order valence-corrected chi connectivity index (χ1v) is 40.9. The van der Waals surface area contributed by atoms with Crippen molar-refractivity contribution in [3.63, 3.8) is 0 Å². The summed E-state index contributed by atoms with van der Waals surface area (Å²) in [6.45, 7) is 6.56. The fourth-order valence-corrected chi connectivity index (χ4v) is 15.2. The van der Waals surface area contributed by atoms with Gasteiger partial charge >= 0.3 is 165 Å². The molecule has 0 unspecified atom stereocenters. The molecule has 56 heteroatoms. The van der Waals surface area contributed by atoms with Crippen molar-refractivity contribution in [1.82, 2.24) is 9.13 Å². The number of nitro groups is 2. The van der Waals surface area contributed by atoms with Gasteiger partial charge in [0.15, 0.2) is 11.4 Å². The molecule has 122 heavy (non-hydrogen) atoms. The van der Waals surface area contributed by atoms with Crippen LogP contribution in [0.15, 0.2) is 201 Å². The molecule has 0 aliphatic heterocycles. The third-order valence-electron chi connectivity index (χ3n) is 16.4. The number of nitrogens with one attached hydrogen (secondary N) is 2. The third-order valence-corrected chi connectivity index (χ3v) is 22.6. The van der Waals surface area contributed by atoms with Crippen molar-refractivity contribution in [3.05, 3.63) is 185 Å². The predicted molar refractivity (Wildman–Crippen MR) is 388 cm³/mol. The van der Waals surface area contributed by atoms with E-state index in [1.807, 2.05) is 13.8 Å². The molecule has 0 spiro atoms. The number of rotatable bonds is 26. The van der Waals surface area contributed by atoms with Gasteiger partial charge in [0, 0.05) is 59.9 Å². The quantitative estimate of drug-likeness (QED) is 0.0129. The van der Waals surface area contributed by atoms with E-state index in [0.29, 0.717) is 43.9 Å². The van der Waals surface area contributed by atoms with Crippen LogP contribution in [0.3, 0.4) is 0 Å². The molecular formula is C66H48CrN16Na5O28S6. The Labute approximate surface area is 811 Å². The van der Waals surface area contributed by atoms with E-state index in [9.17, 15) is 140 Å². The molecule has 1 radical (unpaired) electrons. The summed E-state index contributed by atoms with van der Waals surface area (Å²) in [5.74, 6) is -7.47. The molecule has 607 valence electrons. The van der Waals surface area contributed by atoms with Crippen LogP contribution < -0.4 is 199 Å². The Balaban J connectivity index is 0.000000601. The maximum absolute atomic E-state index is 13.6. The molecule has 10 aromatic rings. The van der Waals surface area contributed by atoms with Gasteiger partial charge in [0.1, 0.15) is 37.3 Å². The van der Waals surface area contributed by atoms with E-state index in [2.05, 4.69) is 50.4 Å². The van der Waals surface area contributed by atoms with Crippen molar-refractivity contribution in [2.75, 3.05) is 9.44 Å². The molecular weight excluding hydrogens is 1820 g/mol. The minimum absolute atomic E-state index is 0. The summed E-state index contributed by atoms with van der Waals surface area (Å²) in [6, 6.07) is 21.9. The van der Waals surface area contributed by atoms with E-state index in [-0.39, 0.29) is 267 Å². The van der Waals surface area contributed by atoms with Gasteiger partial charge in [0.05, 0.1) is 79.6 Å². The number of nitrogens with zero attached hydrogens (tertiary/aromatic N) is 14. The van der Waals surface area contributed by atoms with Crippen LogP contribution >= 0.6 is 0 Å². The van der Waals surface area contributed by atoms with Gasteiger partial charge in [-0.25, -0.2) is 33.7 Å². The first-order chi connectivity index (χ1) is 54.2. The number of pyridine rings is 2. The molecule has 8 aromatic carbocycles. The second-order valence-electron chi connectivity index (χ2n) is 24.1. The molecule has 0 saturated carbocycles. The molecule has 2 heterocycles. The molecule has 4 N–H and O–H groups in total. The molecule has 0 saturated heterocycles. The zero-order chi connectivity index (χ0) is 85.8. The standard InChI is InChI=1S/2C33H28N8O14S3.Cr.5Na/c2*1-3-4-11-40-32(44)24(16-34)17(2)28(33(40)45)37-35-19-7-9-22(10-8-19)56(48,49)39-20-6-5-18-12-26(57(50,51)52)29(30(42)23(18)13-20)38-36-25-14-21(41(46)47)15-27(31(25)43)58(53,54)55;;;;;;/h2*5-10,12-15,39,42-44H,3-4,11H2,1-2H3,(H,50,51,52)(H,53,54,55);;;;;;/q;;+3;5*+1/p-8. The number of benzene rings is 8. The Bertz CT molecular complexity index is 6520. The zero-order valence-corrected chi connectivity index (χ0v) is 80.6. The van der Waals surface area contributed by atoms with Crippen molar-refractivity contribution in [1.29, 1.82) is 10.5 Å². The van der Waals surface area contributed by atoms with Crippen molar-refractivity contribution in [3.8, 4) is 46.9 Å². The first-order valence-electron chi connectivity index (χ1n) is 32.2. The van der Waals surface area contributed by atoms with E-state index in [0.717, 1.165) is 75.9 Å². The predicted octanol–water partition coefficient (Wildman–Crippen LogP) is -7.20. The summed E-state index contributed by atoms with van der Waals surface area (Å²) in [6.07, 6.45) is 2.30. The van der Waals surface area contributed by atoms with Gasteiger partial charge in [-0.3, -0.25) is 48.4 Å². The maximum Gasteiger partial charge on any atom is 3.00 e. The summed E-state index contributed by atoms with van der Waals surface area (Å²) in [7, 11) is -30.6. The first kappa shape index (κ1) is 108. The number of azo groups is 4. The fourth-order valence-electron chi connectivity index (χ4n) is 10.6. The zero-order valence-electron chi connectivity index (χ0n) is 64.4. The number of nitro benzene ring substituents is 2. The number of hydrogen-bond acceptors (Lipinski definition) is 36. The normalized spacial score (nSPS) is 11.7. The van der Waals surface area contributed by atoms with Crippen LogP contribution in [0.2, 0.25) is 0 Å². The van der Waals surface area contributed by atoms with Crippen molar-refractivity contribution >= 4 is 150 Å². The van der Waals surface area contributed by atoms with Gasteiger partial charge in [-0.15, -0.1) is 20.5 Å². The van der Waals surface area contributed by atoms with E-state index >= 15 is 0 Å². The van der Waals surface area contributed by atoms with Crippen LogP contribution in [-0.2, 0) is 91.0 Å². The number of aromatic nitrogens is 2. The molecule has 0 amide bonds. The molecule has 2 aromatic heterocycles. The van der Waals surface area contributed by atoms with E-state index in [1.54, 1.807) is 12.1 Å². The van der Waals surface area contributed by atoms with Gasteiger partial charge in [-0.1, -0.05) is 61.8 Å². The minimum atomic E-state index is -5.60. The van der Waals surface area contributed by atoms with E-state index < -0.39 is 181 Å². The van der Waals surface area contributed by atoms with Gasteiger partial charge in [0.25, 0.3) is 62.8 Å². The number of non-ortho nitro benzene ring substituents is 2. The Hall–Kier alpha value is -8.17. The Morgan fingerprint density at radius 3 is 1.09 bits per heavy atom. The van der Waals surface area contributed by atoms with Crippen molar-refractivity contribution in [2.24, 2.45) is 40.9 Å². The van der Waals surface area contributed by atoms with Gasteiger partial charge < -0.3 is 48.9 Å². The summed E-state index contributed by atoms with van der Waals surface area (Å²) in [5.41, 5.74) is -9.80. The Morgan fingerprint density at radius 1 is 0.434 bits per heavy atom. The number of hydrogen-bond donors (Lipinski definition) is 4. The monoisotopic (exact) mass is 1870 g/mol. The summed E-state index contributed by atoms with van der Waals surface area (Å²) >= 11 is 0. The minimum Gasteiger partial charge on any atom is -0.871 e. The summed E-state index contributed by atoms with van der Waals surface area (Å²) < 4.78 is 197. The Morgan fingerprint density at radius 2 is 0.762 bits per heavy atom. The van der Waals surface area contributed by atoms with Crippen molar-refractivity contribution < 1.29 is 274 Å². The second-order valence-corrected chi connectivity index (χ2v) is 32.9. The number of fused-ring (bicyclic) bond motifs is 2. The SMILES string of the molecule is CCCCn1c([O-])c(C#N)c(C)c(N=Nc2ccc(S(=O)(=O)Nc3ccc4cc(S(=O)(=O)O)c(N=Nc5cc([N+](=O)[O-])cc(S(=O)(=O)O)c5[O-])c([O-])c4c3)cc2)c1=O.CCCCn1c([O-])c(C#N)c(C)c(N=Nc2ccc(S(=O)(=O)Nc3ccc4cc(S(=O)(=O)[O-])c(N=Nc5cc([N+](=O)[O-])cc(S(=O)(=O)[O-])c5[O-])c([O-])c4c3)cc2)c1=O.[Cr+3].[Na+].[Na+].[Na+].[Na+].[Na+]. The summed E-state index contributed by atoms with van der Waals surface area (Å²) in [4.78, 5) is 40.1. The number of nitriles is 2. The van der Waals surface area contributed by atoms with Crippen LogP contribution in [0, 0.1) is 56.7 Å². The van der Waals surface area contributed by atoms with Crippen LogP contribution in [0.25, 0.3) is 21.5 Å². The van der Waals surface area contributed by atoms with Crippen molar-refractivity contribution in [2.45, 2.75) is 95.8 Å². The smallest absolute Gasteiger partial charge is 0.871 e. The van der Waals surface area contributed by atoms with Gasteiger partial charge in [0.2, 0.25) is 0 Å². The average Bonchev–Trinajstić information content (AvgIpc) is 0.764.